The van der Waals surface area contributed by atoms with Crippen LogP contribution in [0.5, 0.6) is 5.75 Å². The molecule has 1 aromatic carbocycles. The van der Waals surface area contributed by atoms with Gasteiger partial charge in [-0.2, -0.15) is 0 Å². The van der Waals surface area contributed by atoms with Crippen molar-refractivity contribution in [2.75, 3.05) is 7.11 Å². The topological polar surface area (TPSA) is 40.6 Å². The molecule has 2 aromatic rings. The molecule has 0 N–H and O–H groups in total. The number of thiazole rings is 1. The number of methoxy groups -OCH3 is 1. The summed E-state index contributed by atoms with van der Waals surface area (Å²) in [6.07, 6.45) is 6.68. The molecule has 132 valence electrons. The summed E-state index contributed by atoms with van der Waals surface area (Å²) in [5.74, 6) is 0.854. The molecule has 0 unspecified atom stereocenters. The van der Waals surface area contributed by atoms with Crippen molar-refractivity contribution in [1.29, 1.82) is 0 Å². The largest absolute Gasteiger partial charge is 0.497 e. The number of aromatic nitrogens is 1. The predicted octanol–water partition coefficient (Wildman–Crippen LogP) is 4.75. The number of ether oxygens (including phenoxy) is 3. The van der Waals surface area contributed by atoms with Crippen LogP contribution in [0.1, 0.15) is 29.6 Å². The highest BCUT2D eigenvalue weighted by Crippen LogP contribution is 2.23. The lowest BCUT2D eigenvalue weighted by Gasteiger charge is -2.26. The first-order valence-corrected chi connectivity index (χ1v) is 9.19. The van der Waals surface area contributed by atoms with E-state index in [0.717, 1.165) is 34.0 Å². The van der Waals surface area contributed by atoms with Gasteiger partial charge in [0.05, 0.1) is 36.8 Å². The predicted molar refractivity (Wildman–Crippen MR) is 101 cm³/mol. The molecular formula is C20H23NO3S. The molecule has 25 heavy (non-hydrogen) atoms. The lowest BCUT2D eigenvalue weighted by molar-refractivity contribution is 0.0187. The van der Waals surface area contributed by atoms with Crippen molar-refractivity contribution in [1.82, 2.24) is 4.98 Å². The van der Waals surface area contributed by atoms with Gasteiger partial charge in [-0.15, -0.1) is 11.3 Å². The highest BCUT2D eigenvalue weighted by atomic mass is 32.1. The van der Waals surface area contributed by atoms with Gasteiger partial charge >= 0.3 is 0 Å². The highest BCUT2D eigenvalue weighted by molar-refractivity contribution is 7.09. The van der Waals surface area contributed by atoms with E-state index in [4.69, 9.17) is 14.2 Å². The van der Waals surface area contributed by atoms with Gasteiger partial charge in [-0.05, 0) is 49.3 Å². The van der Waals surface area contributed by atoms with Crippen LogP contribution in [-0.4, -0.2) is 24.3 Å². The van der Waals surface area contributed by atoms with Crippen LogP contribution in [-0.2, 0) is 16.1 Å². The van der Waals surface area contributed by atoms with E-state index in [1.54, 1.807) is 24.7 Å². The minimum absolute atomic E-state index is 0.0212. The van der Waals surface area contributed by atoms with E-state index < -0.39 is 0 Å². The van der Waals surface area contributed by atoms with E-state index in [9.17, 15) is 0 Å². The van der Waals surface area contributed by atoms with Crippen molar-refractivity contribution in [2.24, 2.45) is 0 Å². The summed E-state index contributed by atoms with van der Waals surface area (Å²) >= 11 is 1.66. The van der Waals surface area contributed by atoms with Gasteiger partial charge in [0.15, 0.2) is 0 Å². The molecule has 2 atom stereocenters. The van der Waals surface area contributed by atoms with Crippen LogP contribution in [0, 0.1) is 6.92 Å². The number of rotatable bonds is 6. The third-order valence-electron chi connectivity index (χ3n) is 4.13. The monoisotopic (exact) mass is 357 g/mol. The van der Waals surface area contributed by atoms with Gasteiger partial charge in [0.25, 0.3) is 0 Å². The summed E-state index contributed by atoms with van der Waals surface area (Å²) in [5, 5.41) is 3.14. The standard InChI is InChI=1S/C20H23NO3S/c1-14(10-17-13-25-15(2)21-17)20-11-19(8-9-23-20)24-12-16-4-6-18(22-3)7-5-16/h4-10,13,19-20H,11-12H2,1-3H3/b14-10+/t19-,20+/m1/s1. The average Bonchev–Trinajstić information content (AvgIpc) is 3.05. The van der Waals surface area contributed by atoms with Gasteiger partial charge in [0.1, 0.15) is 11.9 Å². The Labute approximate surface area is 152 Å². The Hall–Kier alpha value is -2.11. The molecule has 0 spiro atoms. The third-order valence-corrected chi connectivity index (χ3v) is 4.92. The van der Waals surface area contributed by atoms with E-state index in [1.807, 2.05) is 37.3 Å². The van der Waals surface area contributed by atoms with Crippen molar-refractivity contribution >= 4 is 17.4 Å². The molecule has 0 radical (unpaired) electrons. The fraction of sp³-hybridized carbons (Fsp3) is 0.350. The zero-order chi connectivity index (χ0) is 17.6. The van der Waals surface area contributed by atoms with Crippen molar-refractivity contribution in [3.8, 4) is 5.75 Å². The van der Waals surface area contributed by atoms with E-state index in [1.165, 1.54) is 0 Å². The summed E-state index contributed by atoms with van der Waals surface area (Å²) < 4.78 is 17.0. The molecule has 0 aliphatic carbocycles. The molecule has 0 saturated carbocycles. The number of hydrogen-bond donors (Lipinski definition) is 0. The van der Waals surface area contributed by atoms with Crippen LogP contribution in [0.25, 0.3) is 6.08 Å². The van der Waals surface area contributed by atoms with Gasteiger partial charge < -0.3 is 14.2 Å². The summed E-state index contributed by atoms with van der Waals surface area (Å²) in [4.78, 5) is 4.48. The first kappa shape index (κ1) is 17.7. The molecule has 1 aromatic heterocycles. The van der Waals surface area contributed by atoms with Crippen molar-refractivity contribution in [2.45, 2.75) is 39.1 Å². The smallest absolute Gasteiger partial charge is 0.122 e. The second kappa shape index (κ2) is 8.32. The lowest BCUT2D eigenvalue weighted by Crippen LogP contribution is -2.25. The van der Waals surface area contributed by atoms with Gasteiger partial charge in [-0.3, -0.25) is 0 Å². The minimum Gasteiger partial charge on any atom is -0.497 e. The molecule has 0 bridgehead atoms. The Bertz CT molecular complexity index is 749. The summed E-state index contributed by atoms with van der Waals surface area (Å²) in [5.41, 5.74) is 3.28. The van der Waals surface area contributed by atoms with Crippen LogP contribution in [0.2, 0.25) is 0 Å². The maximum Gasteiger partial charge on any atom is 0.122 e. The van der Waals surface area contributed by atoms with E-state index >= 15 is 0 Å². The molecule has 2 heterocycles. The first-order valence-electron chi connectivity index (χ1n) is 8.31. The molecular weight excluding hydrogens is 334 g/mol. The number of nitrogens with zero attached hydrogens (tertiary/aromatic N) is 1. The molecule has 1 aliphatic rings. The minimum atomic E-state index is 0.0212. The van der Waals surface area contributed by atoms with Crippen LogP contribution in [0.3, 0.4) is 0 Å². The first-order chi connectivity index (χ1) is 12.1. The second-order valence-electron chi connectivity index (χ2n) is 6.07. The molecule has 0 amide bonds. The Morgan fingerprint density at radius 3 is 2.84 bits per heavy atom. The SMILES string of the molecule is COc1ccc(CO[C@@H]2C=CO[C@H](/C(C)=C/c3csc(C)n3)C2)cc1. The number of hydrogen-bond acceptors (Lipinski definition) is 5. The van der Waals surface area contributed by atoms with Crippen LogP contribution < -0.4 is 4.74 Å². The maximum absolute atomic E-state index is 6.03. The molecule has 4 nitrogen and oxygen atoms in total. The van der Waals surface area contributed by atoms with Crippen LogP contribution in [0.4, 0.5) is 0 Å². The van der Waals surface area contributed by atoms with E-state index in [2.05, 4.69) is 23.4 Å². The second-order valence-corrected chi connectivity index (χ2v) is 7.13. The van der Waals surface area contributed by atoms with Crippen LogP contribution >= 0.6 is 11.3 Å². The molecule has 3 rings (SSSR count). The molecule has 1 aliphatic heterocycles. The van der Waals surface area contributed by atoms with Crippen molar-refractivity contribution in [3.05, 3.63) is 63.8 Å². The summed E-state index contributed by atoms with van der Waals surface area (Å²) in [6.45, 7) is 4.67. The van der Waals surface area contributed by atoms with Crippen molar-refractivity contribution < 1.29 is 14.2 Å². The molecule has 0 saturated heterocycles. The Kier molecular flexibility index (Phi) is 5.89. The Morgan fingerprint density at radius 2 is 2.16 bits per heavy atom. The van der Waals surface area contributed by atoms with Gasteiger partial charge in [-0.25, -0.2) is 4.98 Å². The highest BCUT2D eigenvalue weighted by Gasteiger charge is 2.21. The number of aryl methyl sites for hydroxylation is 1. The fourth-order valence-corrected chi connectivity index (χ4v) is 3.26. The number of benzene rings is 1. The average molecular weight is 357 g/mol. The Morgan fingerprint density at radius 1 is 1.36 bits per heavy atom. The lowest BCUT2D eigenvalue weighted by atomic mass is 10.0. The normalized spacial score (nSPS) is 20.4. The zero-order valence-electron chi connectivity index (χ0n) is 14.8. The van der Waals surface area contributed by atoms with Gasteiger partial charge in [-0.1, -0.05) is 12.1 Å². The van der Waals surface area contributed by atoms with Gasteiger partial charge in [0.2, 0.25) is 0 Å². The third kappa shape index (κ3) is 4.94. The zero-order valence-corrected chi connectivity index (χ0v) is 15.6. The quantitative estimate of drug-likeness (QED) is 0.748. The van der Waals surface area contributed by atoms with Crippen LogP contribution in [0.15, 0.2) is 47.6 Å². The summed E-state index contributed by atoms with van der Waals surface area (Å²) in [6, 6.07) is 7.94. The molecule has 5 heteroatoms. The van der Waals surface area contributed by atoms with Crippen molar-refractivity contribution in [3.63, 3.8) is 0 Å². The summed E-state index contributed by atoms with van der Waals surface area (Å²) in [7, 11) is 1.67. The van der Waals surface area contributed by atoms with Gasteiger partial charge in [0, 0.05) is 11.8 Å². The van der Waals surface area contributed by atoms with E-state index in [-0.39, 0.29) is 12.2 Å². The Balaban J connectivity index is 1.56. The fourth-order valence-electron chi connectivity index (χ4n) is 2.69. The maximum atomic E-state index is 6.03. The van der Waals surface area contributed by atoms with E-state index in [0.29, 0.717) is 6.61 Å². The molecule has 0 fully saturated rings.